The summed E-state index contributed by atoms with van der Waals surface area (Å²) in [6.07, 6.45) is 7.47. The van der Waals surface area contributed by atoms with Gasteiger partial charge in [0.25, 0.3) is 0 Å². The number of aliphatic carboxylic acids is 1. The number of allylic oxidation sites excluding steroid dienone is 3. The standard InChI is InChI=1S/C16H16O3/c1-12(13-7-3-2-4-8-13)16(11-17)10-6-5-9-14(16)15(18)19/h2-12,14H,1H3,(H,18,19). The third-order valence-corrected chi connectivity index (χ3v) is 3.86. The monoisotopic (exact) mass is 256 g/mol. The minimum Gasteiger partial charge on any atom is -0.481 e. The van der Waals surface area contributed by atoms with Crippen molar-refractivity contribution in [3.63, 3.8) is 0 Å². The summed E-state index contributed by atoms with van der Waals surface area (Å²) >= 11 is 0. The Bertz CT molecular complexity index is 530. The molecule has 0 saturated carbocycles. The molecule has 1 aromatic carbocycles. The van der Waals surface area contributed by atoms with Gasteiger partial charge < -0.3 is 9.90 Å². The van der Waals surface area contributed by atoms with Gasteiger partial charge in [0.05, 0.1) is 11.3 Å². The van der Waals surface area contributed by atoms with Gasteiger partial charge in [0, 0.05) is 0 Å². The zero-order chi connectivity index (χ0) is 13.9. The van der Waals surface area contributed by atoms with Gasteiger partial charge in [-0.2, -0.15) is 0 Å². The van der Waals surface area contributed by atoms with E-state index in [0.717, 1.165) is 11.8 Å². The number of carboxylic acid groups (broad SMARTS) is 1. The Kier molecular flexibility index (Phi) is 3.65. The number of carbonyl (C=O) groups is 2. The van der Waals surface area contributed by atoms with Crippen molar-refractivity contribution >= 4 is 12.3 Å². The van der Waals surface area contributed by atoms with Gasteiger partial charge in [-0.25, -0.2) is 0 Å². The van der Waals surface area contributed by atoms with Crippen LogP contribution >= 0.6 is 0 Å². The number of carbonyl (C=O) groups excluding carboxylic acids is 1. The molecule has 1 aliphatic rings. The first-order chi connectivity index (χ1) is 9.12. The minimum atomic E-state index is -1.03. The van der Waals surface area contributed by atoms with Crippen LogP contribution in [0.1, 0.15) is 18.4 Å². The van der Waals surface area contributed by atoms with Crippen molar-refractivity contribution < 1.29 is 14.7 Å². The van der Waals surface area contributed by atoms with Crippen molar-refractivity contribution in [1.29, 1.82) is 0 Å². The lowest BCUT2D eigenvalue weighted by Gasteiger charge is -2.36. The largest absolute Gasteiger partial charge is 0.481 e. The van der Waals surface area contributed by atoms with Crippen molar-refractivity contribution in [2.75, 3.05) is 0 Å². The highest BCUT2D eigenvalue weighted by Crippen LogP contribution is 2.44. The average Bonchev–Trinajstić information content (AvgIpc) is 2.47. The van der Waals surface area contributed by atoms with Gasteiger partial charge >= 0.3 is 5.97 Å². The lowest BCUT2D eigenvalue weighted by Crippen LogP contribution is -2.40. The lowest BCUT2D eigenvalue weighted by molar-refractivity contribution is -0.145. The molecule has 0 radical (unpaired) electrons. The first-order valence-corrected chi connectivity index (χ1v) is 6.22. The first-order valence-electron chi connectivity index (χ1n) is 6.22. The van der Waals surface area contributed by atoms with Crippen molar-refractivity contribution in [3.8, 4) is 0 Å². The maximum Gasteiger partial charge on any atom is 0.311 e. The van der Waals surface area contributed by atoms with E-state index in [-0.39, 0.29) is 5.92 Å². The van der Waals surface area contributed by atoms with Gasteiger partial charge in [-0.15, -0.1) is 0 Å². The quantitative estimate of drug-likeness (QED) is 0.843. The van der Waals surface area contributed by atoms with E-state index in [4.69, 9.17) is 0 Å². The molecule has 3 heteroatoms. The van der Waals surface area contributed by atoms with Crippen LogP contribution in [0.4, 0.5) is 0 Å². The number of benzene rings is 1. The van der Waals surface area contributed by atoms with Crippen LogP contribution < -0.4 is 0 Å². The minimum absolute atomic E-state index is 0.200. The molecule has 0 saturated heterocycles. The summed E-state index contributed by atoms with van der Waals surface area (Å²) in [6.45, 7) is 1.89. The van der Waals surface area contributed by atoms with Crippen LogP contribution in [0.25, 0.3) is 0 Å². The van der Waals surface area contributed by atoms with Gasteiger partial charge in [0.1, 0.15) is 6.29 Å². The van der Waals surface area contributed by atoms with Gasteiger partial charge in [0.2, 0.25) is 0 Å². The second-order valence-corrected chi connectivity index (χ2v) is 4.81. The molecule has 0 aliphatic heterocycles. The predicted octanol–water partition coefficient (Wildman–Crippen LogP) is 2.80. The van der Waals surface area contributed by atoms with E-state index < -0.39 is 17.3 Å². The fourth-order valence-electron chi connectivity index (χ4n) is 2.62. The molecular formula is C16H16O3. The molecule has 3 atom stereocenters. The molecule has 1 N–H and O–H groups in total. The first kappa shape index (κ1) is 13.3. The maximum absolute atomic E-state index is 11.7. The third kappa shape index (κ3) is 2.24. The normalized spacial score (nSPS) is 26.9. The Balaban J connectivity index is 2.47. The predicted molar refractivity (Wildman–Crippen MR) is 72.8 cm³/mol. The van der Waals surface area contributed by atoms with E-state index in [1.54, 1.807) is 24.3 Å². The number of rotatable bonds is 4. The molecule has 3 unspecified atom stereocenters. The van der Waals surface area contributed by atoms with Gasteiger partial charge in [0.15, 0.2) is 0 Å². The number of hydrogen-bond acceptors (Lipinski definition) is 2. The molecule has 0 heterocycles. The SMILES string of the molecule is CC(c1ccccc1)C1(C=O)C=CC=CC1C(=O)O. The molecule has 19 heavy (non-hydrogen) atoms. The second kappa shape index (κ2) is 5.22. The molecule has 0 bridgehead atoms. The maximum atomic E-state index is 11.7. The highest BCUT2D eigenvalue weighted by molar-refractivity contribution is 5.82. The van der Waals surface area contributed by atoms with Gasteiger partial charge in [-0.3, -0.25) is 4.79 Å². The van der Waals surface area contributed by atoms with Crippen LogP contribution in [0, 0.1) is 11.3 Å². The number of hydrogen-bond donors (Lipinski definition) is 1. The van der Waals surface area contributed by atoms with E-state index in [1.165, 1.54) is 0 Å². The van der Waals surface area contributed by atoms with E-state index in [9.17, 15) is 14.7 Å². The molecule has 0 fully saturated rings. The summed E-state index contributed by atoms with van der Waals surface area (Å²) in [5, 5.41) is 9.36. The fourth-order valence-corrected chi connectivity index (χ4v) is 2.62. The Labute approximate surface area is 112 Å². The van der Waals surface area contributed by atoms with E-state index in [2.05, 4.69) is 0 Å². The van der Waals surface area contributed by atoms with E-state index in [1.807, 2.05) is 37.3 Å². The molecular weight excluding hydrogens is 240 g/mol. The Morgan fingerprint density at radius 1 is 1.32 bits per heavy atom. The topological polar surface area (TPSA) is 54.4 Å². The molecule has 0 amide bonds. The number of aldehydes is 1. The third-order valence-electron chi connectivity index (χ3n) is 3.86. The van der Waals surface area contributed by atoms with Crippen LogP contribution in [0.3, 0.4) is 0 Å². The summed E-state index contributed by atoms with van der Waals surface area (Å²) < 4.78 is 0. The van der Waals surface area contributed by atoms with Crippen LogP contribution in [0.15, 0.2) is 54.6 Å². The Morgan fingerprint density at radius 2 is 2.00 bits per heavy atom. The van der Waals surface area contributed by atoms with Crippen molar-refractivity contribution in [1.82, 2.24) is 0 Å². The Morgan fingerprint density at radius 3 is 2.58 bits per heavy atom. The molecule has 0 spiro atoms. The van der Waals surface area contributed by atoms with Crippen molar-refractivity contribution in [2.24, 2.45) is 11.3 Å². The number of carboxylic acids is 1. The zero-order valence-corrected chi connectivity index (χ0v) is 10.7. The van der Waals surface area contributed by atoms with E-state index in [0.29, 0.717) is 0 Å². The Hall–Kier alpha value is -2.16. The van der Waals surface area contributed by atoms with Gasteiger partial charge in [-0.05, 0) is 11.5 Å². The summed E-state index contributed by atoms with van der Waals surface area (Å²) in [4.78, 5) is 23.1. The van der Waals surface area contributed by atoms with Crippen molar-refractivity contribution in [3.05, 3.63) is 60.2 Å². The van der Waals surface area contributed by atoms with Crippen LogP contribution in [0.5, 0.6) is 0 Å². The van der Waals surface area contributed by atoms with Crippen molar-refractivity contribution in [2.45, 2.75) is 12.8 Å². The van der Waals surface area contributed by atoms with Gasteiger partial charge in [-0.1, -0.05) is 61.6 Å². The highest BCUT2D eigenvalue weighted by atomic mass is 16.4. The van der Waals surface area contributed by atoms with E-state index >= 15 is 0 Å². The molecule has 3 nitrogen and oxygen atoms in total. The molecule has 1 aromatic rings. The van der Waals surface area contributed by atoms with Crippen LogP contribution in [0.2, 0.25) is 0 Å². The zero-order valence-electron chi connectivity index (χ0n) is 10.7. The lowest BCUT2D eigenvalue weighted by atomic mass is 9.64. The second-order valence-electron chi connectivity index (χ2n) is 4.81. The molecule has 0 aromatic heterocycles. The van der Waals surface area contributed by atoms with Crippen LogP contribution in [-0.2, 0) is 9.59 Å². The molecule has 98 valence electrons. The highest BCUT2D eigenvalue weighted by Gasteiger charge is 2.45. The molecule has 1 aliphatic carbocycles. The summed E-state index contributed by atoms with van der Waals surface area (Å²) in [6, 6.07) is 9.52. The summed E-state index contributed by atoms with van der Waals surface area (Å²) in [7, 11) is 0. The average molecular weight is 256 g/mol. The smallest absolute Gasteiger partial charge is 0.311 e. The summed E-state index contributed by atoms with van der Waals surface area (Å²) in [5.41, 5.74) is -0.0668. The summed E-state index contributed by atoms with van der Waals surface area (Å²) in [5.74, 6) is -2.01. The van der Waals surface area contributed by atoms with Crippen LogP contribution in [-0.4, -0.2) is 17.4 Å². The fraction of sp³-hybridized carbons (Fsp3) is 0.250. The molecule has 2 rings (SSSR count).